The molecule has 0 aliphatic carbocycles. The number of aliphatic hydroxyl groups excluding tert-OH is 1. The fraction of sp³-hybridized carbons (Fsp3) is 0.500. The summed E-state index contributed by atoms with van der Waals surface area (Å²) in [4.78, 5) is 0. The molecule has 0 amide bonds. The monoisotopic (exact) mass is 209 g/mol. The van der Waals surface area contributed by atoms with Gasteiger partial charge >= 0.3 is 0 Å². The van der Waals surface area contributed by atoms with E-state index in [9.17, 15) is 9.50 Å². The Morgan fingerprint density at radius 3 is 2.53 bits per heavy atom. The van der Waals surface area contributed by atoms with Gasteiger partial charge in [-0.1, -0.05) is 19.1 Å². The molecule has 0 spiro atoms. The average molecular weight is 209 g/mol. The minimum Gasteiger partial charge on any atom is -0.391 e. The Hall–Kier alpha value is -0.930. The van der Waals surface area contributed by atoms with E-state index < -0.39 is 0 Å². The molecule has 1 aliphatic rings. The van der Waals surface area contributed by atoms with Gasteiger partial charge in [0.05, 0.1) is 6.10 Å². The molecule has 15 heavy (non-hydrogen) atoms. The Kier molecular flexibility index (Phi) is 3.03. The second-order valence-electron chi connectivity index (χ2n) is 4.28. The Labute approximate surface area is 89.1 Å². The van der Waals surface area contributed by atoms with Crippen molar-refractivity contribution in [2.75, 3.05) is 13.1 Å². The van der Waals surface area contributed by atoms with Crippen molar-refractivity contribution < 1.29 is 9.50 Å². The third kappa shape index (κ3) is 2.19. The number of hydrogen-bond donors (Lipinski definition) is 2. The lowest BCUT2D eigenvalue weighted by atomic mass is 9.80. The molecule has 1 heterocycles. The first-order valence-electron chi connectivity index (χ1n) is 5.32. The van der Waals surface area contributed by atoms with Gasteiger partial charge in [-0.25, -0.2) is 4.39 Å². The van der Waals surface area contributed by atoms with Crippen molar-refractivity contribution in [1.82, 2.24) is 5.32 Å². The highest BCUT2D eigenvalue weighted by molar-refractivity contribution is 5.23. The standard InChI is InChI=1S/C12H16FNO/c1-8-6-14-7-11(15)12(8)9-2-4-10(13)5-3-9/h2-5,8,11-12,14-15H,6-7H2,1H3. The number of β-amino-alcohol motifs (C(OH)–C–C–N with tert-alkyl or cyclic N) is 1. The van der Waals surface area contributed by atoms with Crippen LogP contribution in [0.15, 0.2) is 24.3 Å². The molecule has 2 nitrogen and oxygen atoms in total. The van der Waals surface area contributed by atoms with Crippen molar-refractivity contribution in [2.24, 2.45) is 5.92 Å². The molecule has 1 aliphatic heterocycles. The number of aliphatic hydroxyl groups is 1. The summed E-state index contributed by atoms with van der Waals surface area (Å²) >= 11 is 0. The minimum atomic E-state index is -0.376. The maximum absolute atomic E-state index is 12.8. The Balaban J connectivity index is 2.23. The normalized spacial score (nSPS) is 31.5. The van der Waals surface area contributed by atoms with Crippen LogP contribution in [0.4, 0.5) is 4.39 Å². The van der Waals surface area contributed by atoms with Crippen molar-refractivity contribution in [3.8, 4) is 0 Å². The summed E-state index contributed by atoms with van der Waals surface area (Å²) < 4.78 is 12.8. The number of nitrogens with one attached hydrogen (secondary N) is 1. The van der Waals surface area contributed by atoms with Crippen LogP contribution in [0.2, 0.25) is 0 Å². The van der Waals surface area contributed by atoms with E-state index in [1.165, 1.54) is 12.1 Å². The van der Waals surface area contributed by atoms with Gasteiger partial charge in [-0.3, -0.25) is 0 Å². The molecule has 0 saturated carbocycles. The van der Waals surface area contributed by atoms with Crippen LogP contribution in [-0.4, -0.2) is 24.3 Å². The molecule has 1 fully saturated rings. The second kappa shape index (κ2) is 4.29. The maximum Gasteiger partial charge on any atom is 0.123 e. The second-order valence-corrected chi connectivity index (χ2v) is 4.28. The minimum absolute atomic E-state index is 0.117. The predicted octanol–water partition coefficient (Wildman–Crippen LogP) is 1.51. The number of benzene rings is 1. The summed E-state index contributed by atoms with van der Waals surface area (Å²) in [6, 6.07) is 6.45. The van der Waals surface area contributed by atoms with Gasteiger partial charge in [-0.05, 0) is 30.2 Å². The lowest BCUT2D eigenvalue weighted by Crippen LogP contribution is -2.44. The van der Waals surface area contributed by atoms with Crippen LogP contribution < -0.4 is 5.32 Å². The first kappa shape index (κ1) is 10.6. The van der Waals surface area contributed by atoms with E-state index in [-0.39, 0.29) is 17.8 Å². The summed E-state index contributed by atoms with van der Waals surface area (Å²) in [5.74, 6) is 0.265. The van der Waals surface area contributed by atoms with E-state index in [4.69, 9.17) is 0 Å². The molecular formula is C12H16FNO. The van der Waals surface area contributed by atoms with E-state index >= 15 is 0 Å². The Morgan fingerprint density at radius 1 is 1.27 bits per heavy atom. The summed E-state index contributed by atoms with van der Waals surface area (Å²) in [5, 5.41) is 13.1. The first-order valence-corrected chi connectivity index (χ1v) is 5.32. The Morgan fingerprint density at radius 2 is 1.93 bits per heavy atom. The molecule has 2 rings (SSSR count). The van der Waals surface area contributed by atoms with Gasteiger partial charge < -0.3 is 10.4 Å². The van der Waals surface area contributed by atoms with Crippen LogP contribution in [0.25, 0.3) is 0 Å². The molecule has 0 aromatic heterocycles. The van der Waals surface area contributed by atoms with E-state index in [0.29, 0.717) is 12.5 Å². The van der Waals surface area contributed by atoms with Crippen molar-refractivity contribution in [1.29, 1.82) is 0 Å². The zero-order chi connectivity index (χ0) is 10.8. The molecule has 3 atom stereocenters. The zero-order valence-corrected chi connectivity index (χ0v) is 8.78. The van der Waals surface area contributed by atoms with Gasteiger partial charge in [0, 0.05) is 12.5 Å². The van der Waals surface area contributed by atoms with E-state index in [1.54, 1.807) is 12.1 Å². The topological polar surface area (TPSA) is 32.3 Å². The number of piperidine rings is 1. The summed E-state index contributed by atoms with van der Waals surface area (Å²) in [6.45, 7) is 3.62. The highest BCUT2D eigenvalue weighted by atomic mass is 19.1. The van der Waals surface area contributed by atoms with Gasteiger partial charge in [0.1, 0.15) is 5.82 Å². The third-order valence-electron chi connectivity index (χ3n) is 3.10. The molecule has 0 radical (unpaired) electrons. The molecule has 1 saturated heterocycles. The largest absolute Gasteiger partial charge is 0.391 e. The summed E-state index contributed by atoms with van der Waals surface area (Å²) in [6.07, 6.45) is -0.376. The van der Waals surface area contributed by atoms with Crippen molar-refractivity contribution >= 4 is 0 Å². The molecule has 2 N–H and O–H groups in total. The number of halogens is 1. The van der Waals surface area contributed by atoms with Crippen LogP contribution in [0.1, 0.15) is 18.4 Å². The van der Waals surface area contributed by atoms with Gasteiger partial charge in [0.25, 0.3) is 0 Å². The van der Waals surface area contributed by atoms with Crippen LogP contribution in [0.3, 0.4) is 0 Å². The lowest BCUT2D eigenvalue weighted by Gasteiger charge is -2.34. The van der Waals surface area contributed by atoms with Gasteiger partial charge in [0.2, 0.25) is 0 Å². The quantitative estimate of drug-likeness (QED) is 0.734. The Bertz CT molecular complexity index is 315. The van der Waals surface area contributed by atoms with Crippen molar-refractivity contribution in [3.05, 3.63) is 35.6 Å². The predicted molar refractivity (Wildman–Crippen MR) is 57.2 cm³/mol. The van der Waals surface area contributed by atoms with Crippen molar-refractivity contribution in [2.45, 2.75) is 18.9 Å². The van der Waals surface area contributed by atoms with Crippen LogP contribution in [0.5, 0.6) is 0 Å². The smallest absolute Gasteiger partial charge is 0.123 e. The molecular weight excluding hydrogens is 193 g/mol. The first-order chi connectivity index (χ1) is 7.18. The summed E-state index contributed by atoms with van der Waals surface area (Å²) in [7, 11) is 0. The average Bonchev–Trinajstić information content (AvgIpc) is 2.20. The molecule has 1 aromatic carbocycles. The highest BCUT2D eigenvalue weighted by Crippen LogP contribution is 2.30. The molecule has 3 heteroatoms. The number of hydrogen-bond acceptors (Lipinski definition) is 2. The van der Waals surface area contributed by atoms with Crippen LogP contribution >= 0.6 is 0 Å². The lowest BCUT2D eigenvalue weighted by molar-refractivity contribution is 0.0917. The van der Waals surface area contributed by atoms with E-state index in [0.717, 1.165) is 12.1 Å². The third-order valence-corrected chi connectivity index (χ3v) is 3.10. The fourth-order valence-corrected chi connectivity index (χ4v) is 2.33. The van der Waals surface area contributed by atoms with Gasteiger partial charge in [0.15, 0.2) is 0 Å². The van der Waals surface area contributed by atoms with E-state index in [2.05, 4.69) is 12.2 Å². The fourth-order valence-electron chi connectivity index (χ4n) is 2.33. The van der Waals surface area contributed by atoms with Gasteiger partial charge in [-0.2, -0.15) is 0 Å². The maximum atomic E-state index is 12.8. The van der Waals surface area contributed by atoms with Crippen LogP contribution in [0, 0.1) is 11.7 Å². The van der Waals surface area contributed by atoms with Gasteiger partial charge in [-0.15, -0.1) is 0 Å². The summed E-state index contributed by atoms with van der Waals surface area (Å²) in [5.41, 5.74) is 1.03. The van der Waals surface area contributed by atoms with Crippen molar-refractivity contribution in [3.63, 3.8) is 0 Å². The molecule has 82 valence electrons. The SMILES string of the molecule is CC1CNCC(O)C1c1ccc(F)cc1. The number of rotatable bonds is 1. The molecule has 0 bridgehead atoms. The van der Waals surface area contributed by atoms with E-state index in [1.807, 2.05) is 0 Å². The zero-order valence-electron chi connectivity index (χ0n) is 8.78. The van der Waals surface area contributed by atoms with Crippen LogP contribution in [-0.2, 0) is 0 Å². The highest BCUT2D eigenvalue weighted by Gasteiger charge is 2.30. The molecule has 3 unspecified atom stereocenters. The molecule has 1 aromatic rings.